The van der Waals surface area contributed by atoms with Crippen LogP contribution >= 0.6 is 11.8 Å². The summed E-state index contributed by atoms with van der Waals surface area (Å²) < 4.78 is 4.96. The molecule has 2 aromatic rings. The van der Waals surface area contributed by atoms with Crippen molar-refractivity contribution in [3.05, 3.63) is 34.1 Å². The average Bonchev–Trinajstić information content (AvgIpc) is 3.30. The number of hydrogen-bond donors (Lipinski definition) is 4. The van der Waals surface area contributed by atoms with Gasteiger partial charge in [0.25, 0.3) is 5.91 Å². The molecule has 1 unspecified atom stereocenters. The zero-order valence-corrected chi connectivity index (χ0v) is 17.7. The van der Waals surface area contributed by atoms with Crippen LogP contribution in [0, 0.1) is 0 Å². The van der Waals surface area contributed by atoms with Gasteiger partial charge < -0.3 is 21.1 Å². The fourth-order valence-corrected chi connectivity index (χ4v) is 4.70. The molecular weight excluding hydrogens is 406 g/mol. The van der Waals surface area contributed by atoms with E-state index in [1.54, 1.807) is 19.3 Å². The molecule has 158 valence electrons. The number of amides is 1. The Hall–Kier alpha value is -3.08. The Balaban J connectivity index is 1.52. The number of aromatic amines is 1. The number of aromatic nitrogens is 4. The third-order valence-corrected chi connectivity index (χ3v) is 6.02. The average molecular weight is 430 g/mol. The minimum Gasteiger partial charge on any atom is -0.466 e. The van der Waals surface area contributed by atoms with Gasteiger partial charge in [-0.3, -0.25) is 14.7 Å². The molecule has 0 saturated carbocycles. The standard InChI is InChI=1S/C19H23N7O3S/c1-4-29-11(27)5-10-8-22-18(30-10)24-16(28)15-12-14(25-26-15)13-9(6-19(12,2)3)7-21-17(20)23-13/h7-8,18,22H,4-6H2,1-3H3,(H,24,28)(H,25,26)(H2,20,21,23). The first-order valence-corrected chi connectivity index (χ1v) is 10.5. The lowest BCUT2D eigenvalue weighted by atomic mass is 9.73. The number of nitrogens with two attached hydrogens (primary N) is 1. The van der Waals surface area contributed by atoms with E-state index in [2.05, 4.69) is 44.6 Å². The number of ether oxygens (including phenoxy) is 1. The predicted molar refractivity (Wildman–Crippen MR) is 112 cm³/mol. The van der Waals surface area contributed by atoms with Crippen molar-refractivity contribution < 1.29 is 14.3 Å². The Morgan fingerprint density at radius 1 is 1.43 bits per heavy atom. The van der Waals surface area contributed by atoms with E-state index in [1.807, 2.05) is 0 Å². The van der Waals surface area contributed by atoms with E-state index in [-0.39, 0.29) is 29.7 Å². The van der Waals surface area contributed by atoms with Gasteiger partial charge in [-0.05, 0) is 24.3 Å². The van der Waals surface area contributed by atoms with Gasteiger partial charge in [-0.1, -0.05) is 25.6 Å². The molecule has 1 atom stereocenters. The quantitative estimate of drug-likeness (QED) is 0.518. The van der Waals surface area contributed by atoms with Crippen molar-refractivity contribution in [2.45, 2.75) is 44.5 Å². The van der Waals surface area contributed by atoms with Gasteiger partial charge in [0, 0.05) is 22.9 Å². The Kier molecular flexibility index (Phi) is 5.14. The molecule has 10 nitrogen and oxygen atoms in total. The zero-order valence-electron chi connectivity index (χ0n) is 16.9. The zero-order chi connectivity index (χ0) is 21.5. The lowest BCUT2D eigenvalue weighted by Crippen LogP contribution is -2.40. The molecule has 1 amide bonds. The van der Waals surface area contributed by atoms with E-state index in [1.165, 1.54) is 11.8 Å². The van der Waals surface area contributed by atoms with Crippen molar-refractivity contribution in [1.82, 2.24) is 30.8 Å². The molecule has 11 heteroatoms. The fourth-order valence-electron chi connectivity index (χ4n) is 3.76. The maximum Gasteiger partial charge on any atom is 0.310 e. The molecule has 0 spiro atoms. The van der Waals surface area contributed by atoms with Gasteiger partial charge in [-0.15, -0.1) is 0 Å². The van der Waals surface area contributed by atoms with E-state index >= 15 is 0 Å². The van der Waals surface area contributed by atoms with Crippen LogP contribution in [-0.2, 0) is 21.4 Å². The summed E-state index contributed by atoms with van der Waals surface area (Å²) in [5.41, 5.74) is 8.46. The third kappa shape index (κ3) is 3.72. The van der Waals surface area contributed by atoms with Crippen LogP contribution in [-0.4, -0.2) is 44.1 Å². The number of hydrogen-bond acceptors (Lipinski definition) is 9. The summed E-state index contributed by atoms with van der Waals surface area (Å²) in [5, 5.41) is 13.2. The summed E-state index contributed by atoms with van der Waals surface area (Å²) in [7, 11) is 0. The number of carbonyl (C=O) groups is 2. The van der Waals surface area contributed by atoms with Gasteiger partial charge in [0.05, 0.1) is 24.4 Å². The van der Waals surface area contributed by atoms with Gasteiger partial charge in [0.1, 0.15) is 0 Å². The van der Waals surface area contributed by atoms with E-state index in [4.69, 9.17) is 10.5 Å². The second kappa shape index (κ2) is 7.63. The van der Waals surface area contributed by atoms with Crippen LogP contribution in [0.25, 0.3) is 11.4 Å². The van der Waals surface area contributed by atoms with Crippen LogP contribution in [0.4, 0.5) is 5.95 Å². The maximum absolute atomic E-state index is 13.0. The van der Waals surface area contributed by atoms with Crippen LogP contribution in [0.5, 0.6) is 0 Å². The molecule has 2 aromatic heterocycles. The second-order valence-corrected chi connectivity index (χ2v) is 8.95. The SMILES string of the molecule is CCOC(=O)CC1=CNC(NC(=O)c2n[nH]c3c2C(C)(C)Cc2cnc(N)nc2-3)S1. The molecule has 5 N–H and O–H groups in total. The number of rotatable bonds is 5. The number of esters is 1. The number of nitrogen functional groups attached to an aromatic ring is 1. The summed E-state index contributed by atoms with van der Waals surface area (Å²) in [6.07, 6.45) is 4.27. The Labute approximate surface area is 177 Å². The van der Waals surface area contributed by atoms with Gasteiger partial charge in [-0.25, -0.2) is 9.97 Å². The minimum atomic E-state index is -0.397. The molecular formula is C19H23N7O3S. The molecule has 0 radical (unpaired) electrons. The summed E-state index contributed by atoms with van der Waals surface area (Å²) in [5.74, 6) is -0.443. The highest BCUT2D eigenvalue weighted by atomic mass is 32.2. The highest BCUT2D eigenvalue weighted by Gasteiger charge is 2.39. The van der Waals surface area contributed by atoms with Crippen molar-refractivity contribution in [3.63, 3.8) is 0 Å². The highest BCUT2D eigenvalue weighted by Crippen LogP contribution is 2.42. The Morgan fingerprint density at radius 3 is 3.00 bits per heavy atom. The van der Waals surface area contributed by atoms with E-state index in [0.29, 0.717) is 30.1 Å². The first-order chi connectivity index (χ1) is 14.3. The second-order valence-electron chi connectivity index (χ2n) is 7.72. The van der Waals surface area contributed by atoms with E-state index in [0.717, 1.165) is 16.0 Å². The predicted octanol–water partition coefficient (Wildman–Crippen LogP) is 1.43. The van der Waals surface area contributed by atoms with Crippen LogP contribution in [0.1, 0.15) is 48.8 Å². The minimum absolute atomic E-state index is 0.167. The smallest absolute Gasteiger partial charge is 0.310 e. The largest absolute Gasteiger partial charge is 0.466 e. The van der Waals surface area contributed by atoms with Gasteiger partial charge >= 0.3 is 5.97 Å². The van der Waals surface area contributed by atoms with E-state index < -0.39 is 5.50 Å². The first-order valence-electron chi connectivity index (χ1n) is 9.57. The molecule has 4 rings (SSSR count). The highest BCUT2D eigenvalue weighted by molar-refractivity contribution is 8.03. The van der Waals surface area contributed by atoms with Crippen LogP contribution in [0.3, 0.4) is 0 Å². The topological polar surface area (TPSA) is 148 Å². The molecule has 0 saturated heterocycles. The molecule has 0 bridgehead atoms. The van der Waals surface area contributed by atoms with Crippen molar-refractivity contribution in [2.75, 3.05) is 12.3 Å². The number of nitrogens with one attached hydrogen (secondary N) is 3. The van der Waals surface area contributed by atoms with Gasteiger partial charge in [0.15, 0.2) is 11.2 Å². The lowest BCUT2D eigenvalue weighted by molar-refractivity contribution is -0.142. The van der Waals surface area contributed by atoms with Crippen molar-refractivity contribution in [3.8, 4) is 11.4 Å². The normalized spacial score (nSPS) is 18.6. The van der Waals surface area contributed by atoms with Crippen molar-refractivity contribution >= 4 is 29.6 Å². The summed E-state index contributed by atoms with van der Waals surface area (Å²) in [4.78, 5) is 33.9. The maximum atomic E-state index is 13.0. The number of nitrogens with zero attached hydrogens (tertiary/aromatic N) is 3. The number of H-pyrrole nitrogens is 1. The molecule has 3 heterocycles. The molecule has 2 aliphatic rings. The Morgan fingerprint density at radius 2 is 2.23 bits per heavy atom. The van der Waals surface area contributed by atoms with Crippen molar-refractivity contribution in [1.29, 1.82) is 0 Å². The lowest BCUT2D eigenvalue weighted by Gasteiger charge is -2.31. The summed E-state index contributed by atoms with van der Waals surface area (Å²) >= 11 is 1.36. The Bertz CT molecular complexity index is 1050. The fraction of sp³-hybridized carbons (Fsp3) is 0.421. The number of fused-ring (bicyclic) bond motifs is 3. The molecule has 30 heavy (non-hydrogen) atoms. The van der Waals surface area contributed by atoms with Crippen LogP contribution < -0.4 is 16.4 Å². The number of carbonyl (C=O) groups excluding carboxylic acids is 2. The molecule has 0 fully saturated rings. The summed E-state index contributed by atoms with van der Waals surface area (Å²) in [6.45, 7) is 6.21. The molecule has 0 aromatic carbocycles. The van der Waals surface area contributed by atoms with Gasteiger partial charge in [0.2, 0.25) is 5.95 Å². The molecule has 1 aliphatic heterocycles. The number of anilines is 1. The summed E-state index contributed by atoms with van der Waals surface area (Å²) in [6, 6.07) is 0. The third-order valence-electron chi connectivity index (χ3n) is 4.96. The van der Waals surface area contributed by atoms with Gasteiger partial charge in [-0.2, -0.15) is 5.10 Å². The van der Waals surface area contributed by atoms with Crippen molar-refractivity contribution in [2.24, 2.45) is 0 Å². The number of thioether (sulfide) groups is 1. The van der Waals surface area contributed by atoms with Crippen LogP contribution in [0.15, 0.2) is 17.3 Å². The van der Waals surface area contributed by atoms with Crippen LogP contribution in [0.2, 0.25) is 0 Å². The first kappa shape index (κ1) is 20.2. The monoisotopic (exact) mass is 429 g/mol. The van der Waals surface area contributed by atoms with E-state index in [9.17, 15) is 9.59 Å². The molecule has 1 aliphatic carbocycles.